The molecule has 94 valence electrons. The molecule has 0 radical (unpaired) electrons. The molecule has 0 saturated heterocycles. The number of hydrogen-bond acceptors (Lipinski definition) is 0. The van der Waals surface area contributed by atoms with Crippen molar-refractivity contribution in [2.24, 2.45) is 0 Å². The maximum Gasteiger partial charge on any atom is 0.146 e. The second-order valence-electron chi connectivity index (χ2n) is 3.94. The molecule has 2 aromatic carbocycles. The molecule has 0 amide bonds. The van der Waals surface area contributed by atoms with Gasteiger partial charge in [-0.1, -0.05) is 47.5 Å². The van der Waals surface area contributed by atoms with E-state index in [-0.39, 0.29) is 5.02 Å². The number of hydrogen-bond donors (Lipinski definition) is 0. The first-order chi connectivity index (χ1) is 8.58. The highest BCUT2D eigenvalue weighted by Gasteiger charge is 2.15. The largest absolute Gasteiger partial charge is 0.205 e. The van der Waals surface area contributed by atoms with Crippen molar-refractivity contribution in [3.8, 4) is 0 Å². The van der Waals surface area contributed by atoms with Crippen LogP contribution in [-0.4, -0.2) is 0 Å². The van der Waals surface area contributed by atoms with Crippen LogP contribution in [-0.2, 0) is 6.42 Å². The van der Waals surface area contributed by atoms with Gasteiger partial charge in [0.2, 0.25) is 0 Å². The Morgan fingerprint density at radius 1 is 1.00 bits per heavy atom. The lowest BCUT2D eigenvalue weighted by atomic mass is 10.0. The number of benzene rings is 2. The van der Waals surface area contributed by atoms with E-state index in [1.54, 1.807) is 24.3 Å². The van der Waals surface area contributed by atoms with Crippen LogP contribution in [0.3, 0.4) is 0 Å². The van der Waals surface area contributed by atoms with Crippen LogP contribution in [0.5, 0.6) is 0 Å². The van der Waals surface area contributed by atoms with E-state index in [2.05, 4.69) is 0 Å². The molecule has 2 aromatic rings. The Labute approximate surface area is 120 Å². The van der Waals surface area contributed by atoms with Gasteiger partial charge in [-0.05, 0) is 30.2 Å². The summed E-state index contributed by atoms with van der Waals surface area (Å²) in [4.78, 5) is 0. The van der Waals surface area contributed by atoms with Crippen LogP contribution in [0.2, 0.25) is 10.0 Å². The normalized spacial score (nSPS) is 12.4. The van der Waals surface area contributed by atoms with E-state index in [1.165, 1.54) is 6.07 Å². The lowest BCUT2D eigenvalue weighted by molar-refractivity contribution is 0.606. The molecule has 0 heterocycles. The SMILES string of the molecule is Fc1c(Cl)cccc1C(Cl)Cc1ccc(Cl)cc1. The van der Waals surface area contributed by atoms with Gasteiger partial charge >= 0.3 is 0 Å². The van der Waals surface area contributed by atoms with Crippen molar-refractivity contribution >= 4 is 34.8 Å². The van der Waals surface area contributed by atoms with Gasteiger partial charge in [-0.2, -0.15) is 0 Å². The van der Waals surface area contributed by atoms with E-state index >= 15 is 0 Å². The molecule has 0 aliphatic carbocycles. The lowest BCUT2D eigenvalue weighted by Gasteiger charge is -2.11. The Kier molecular flexibility index (Phi) is 4.50. The second kappa shape index (κ2) is 5.92. The summed E-state index contributed by atoms with van der Waals surface area (Å²) in [6, 6.07) is 12.2. The van der Waals surface area contributed by atoms with Crippen LogP contribution in [0.25, 0.3) is 0 Å². The minimum absolute atomic E-state index is 0.0919. The fourth-order valence-electron chi connectivity index (χ4n) is 1.70. The topological polar surface area (TPSA) is 0 Å². The highest BCUT2D eigenvalue weighted by atomic mass is 35.5. The molecule has 0 aliphatic heterocycles. The van der Waals surface area contributed by atoms with Crippen LogP contribution < -0.4 is 0 Å². The molecule has 0 nitrogen and oxygen atoms in total. The van der Waals surface area contributed by atoms with Crippen molar-refractivity contribution in [3.63, 3.8) is 0 Å². The summed E-state index contributed by atoms with van der Waals surface area (Å²) in [5, 5.41) is 0.304. The highest BCUT2D eigenvalue weighted by Crippen LogP contribution is 2.30. The Morgan fingerprint density at radius 2 is 1.67 bits per heavy atom. The number of alkyl halides is 1. The van der Waals surface area contributed by atoms with Crippen molar-refractivity contribution < 1.29 is 4.39 Å². The second-order valence-corrected chi connectivity index (χ2v) is 5.31. The van der Waals surface area contributed by atoms with E-state index in [1.807, 2.05) is 12.1 Å². The molecule has 1 atom stereocenters. The third-order valence-corrected chi connectivity index (χ3v) is 3.58. The molecule has 18 heavy (non-hydrogen) atoms. The Bertz CT molecular complexity index is 537. The summed E-state index contributed by atoms with van der Waals surface area (Å²) in [5.41, 5.74) is 1.41. The highest BCUT2D eigenvalue weighted by molar-refractivity contribution is 6.31. The predicted molar refractivity (Wildman–Crippen MR) is 75.2 cm³/mol. The summed E-state index contributed by atoms with van der Waals surface area (Å²) in [6.07, 6.45) is 0.524. The van der Waals surface area contributed by atoms with Crippen molar-refractivity contribution in [2.75, 3.05) is 0 Å². The minimum Gasteiger partial charge on any atom is -0.205 e. The van der Waals surface area contributed by atoms with Crippen molar-refractivity contribution in [1.29, 1.82) is 0 Å². The zero-order valence-electron chi connectivity index (χ0n) is 9.34. The molecule has 0 aromatic heterocycles. The predicted octanol–water partition coefficient (Wildman–Crippen LogP) is 5.66. The van der Waals surface area contributed by atoms with Crippen molar-refractivity contribution in [3.05, 3.63) is 69.5 Å². The van der Waals surface area contributed by atoms with Crippen molar-refractivity contribution in [1.82, 2.24) is 0 Å². The zero-order valence-corrected chi connectivity index (χ0v) is 11.6. The summed E-state index contributed by atoms with van der Waals surface area (Å²) in [5.74, 6) is -0.451. The van der Waals surface area contributed by atoms with Gasteiger partial charge in [-0.15, -0.1) is 11.6 Å². The van der Waals surface area contributed by atoms with Crippen LogP contribution in [0.15, 0.2) is 42.5 Å². The summed E-state index contributed by atoms with van der Waals surface area (Å²) in [7, 11) is 0. The molecule has 0 saturated carbocycles. The zero-order chi connectivity index (χ0) is 13.1. The minimum atomic E-state index is -0.454. The van der Waals surface area contributed by atoms with Crippen LogP contribution in [0.4, 0.5) is 4.39 Å². The fraction of sp³-hybridized carbons (Fsp3) is 0.143. The van der Waals surface area contributed by atoms with Gasteiger partial charge in [0, 0.05) is 10.6 Å². The molecule has 1 unspecified atom stereocenters. The van der Waals surface area contributed by atoms with E-state index in [4.69, 9.17) is 34.8 Å². The quantitative estimate of drug-likeness (QED) is 0.642. The maximum atomic E-state index is 13.8. The fourth-order valence-corrected chi connectivity index (χ4v) is 2.35. The van der Waals surface area contributed by atoms with E-state index in [0.29, 0.717) is 17.0 Å². The first kappa shape index (κ1) is 13.7. The van der Waals surface area contributed by atoms with Gasteiger partial charge in [0.15, 0.2) is 0 Å². The smallest absolute Gasteiger partial charge is 0.146 e. The average molecular weight is 304 g/mol. The molecule has 0 aliphatic rings. The number of halogens is 4. The molecular formula is C14H10Cl3F. The Morgan fingerprint density at radius 3 is 2.33 bits per heavy atom. The summed E-state index contributed by atoms with van der Waals surface area (Å²) >= 11 is 17.8. The monoisotopic (exact) mass is 302 g/mol. The van der Waals surface area contributed by atoms with E-state index in [0.717, 1.165) is 5.56 Å². The van der Waals surface area contributed by atoms with Crippen molar-refractivity contribution in [2.45, 2.75) is 11.8 Å². The Hall–Kier alpha value is -0.760. The van der Waals surface area contributed by atoms with Gasteiger partial charge < -0.3 is 0 Å². The van der Waals surface area contributed by atoms with Gasteiger partial charge in [0.25, 0.3) is 0 Å². The van der Waals surface area contributed by atoms with E-state index in [9.17, 15) is 4.39 Å². The molecule has 0 bridgehead atoms. The van der Waals surface area contributed by atoms with Gasteiger partial charge in [0.05, 0.1) is 10.4 Å². The molecule has 0 fully saturated rings. The molecule has 0 N–H and O–H groups in total. The molecule has 0 spiro atoms. The number of rotatable bonds is 3. The Balaban J connectivity index is 2.19. The van der Waals surface area contributed by atoms with Crippen LogP contribution >= 0.6 is 34.8 Å². The maximum absolute atomic E-state index is 13.8. The van der Waals surface area contributed by atoms with Crippen LogP contribution in [0, 0.1) is 5.82 Å². The summed E-state index contributed by atoms with van der Waals surface area (Å²) in [6.45, 7) is 0. The molecular weight excluding hydrogens is 294 g/mol. The first-order valence-corrected chi connectivity index (χ1v) is 6.59. The van der Waals surface area contributed by atoms with Gasteiger partial charge in [0.1, 0.15) is 5.82 Å². The third-order valence-electron chi connectivity index (χ3n) is 2.65. The van der Waals surface area contributed by atoms with Crippen LogP contribution in [0.1, 0.15) is 16.5 Å². The standard InChI is InChI=1S/C14H10Cl3F/c15-10-6-4-9(5-7-10)8-13(17)11-2-1-3-12(16)14(11)18/h1-7,13H,8H2. The third kappa shape index (κ3) is 3.17. The molecule has 4 heteroatoms. The van der Waals surface area contributed by atoms with Gasteiger partial charge in [-0.25, -0.2) is 4.39 Å². The lowest BCUT2D eigenvalue weighted by Crippen LogP contribution is -1.99. The first-order valence-electron chi connectivity index (χ1n) is 5.40. The molecule has 2 rings (SSSR count). The van der Waals surface area contributed by atoms with Gasteiger partial charge in [-0.3, -0.25) is 0 Å². The van der Waals surface area contributed by atoms with E-state index < -0.39 is 11.2 Å². The average Bonchev–Trinajstić information content (AvgIpc) is 2.35. The summed E-state index contributed by atoms with van der Waals surface area (Å²) < 4.78 is 13.8.